The minimum atomic E-state index is -0.500. The summed E-state index contributed by atoms with van der Waals surface area (Å²) in [5, 5.41) is 0. The molecule has 0 aromatic heterocycles. The fraction of sp³-hybridized carbons (Fsp3) is 0.579. The third-order valence-corrected chi connectivity index (χ3v) is 4.90. The van der Waals surface area contributed by atoms with Gasteiger partial charge in [0.1, 0.15) is 24.1 Å². The van der Waals surface area contributed by atoms with Crippen LogP contribution in [0.15, 0.2) is 18.2 Å². The highest BCUT2D eigenvalue weighted by atomic mass is 16.6. The van der Waals surface area contributed by atoms with Crippen LogP contribution in [0.25, 0.3) is 0 Å². The van der Waals surface area contributed by atoms with Crippen molar-refractivity contribution in [2.24, 2.45) is 11.8 Å². The van der Waals surface area contributed by atoms with Crippen molar-refractivity contribution < 1.29 is 23.8 Å². The van der Waals surface area contributed by atoms with Crippen molar-refractivity contribution in [3.63, 3.8) is 0 Å². The van der Waals surface area contributed by atoms with E-state index in [1.165, 1.54) is 0 Å². The molecule has 3 aliphatic rings. The van der Waals surface area contributed by atoms with E-state index in [1.807, 2.05) is 26.8 Å². The van der Waals surface area contributed by atoms with Gasteiger partial charge in [-0.05, 0) is 51.3 Å². The molecule has 1 saturated heterocycles. The molecule has 6 heteroatoms. The number of fused-ring (bicyclic) bond motifs is 2. The summed E-state index contributed by atoms with van der Waals surface area (Å²) in [7, 11) is 0. The van der Waals surface area contributed by atoms with Gasteiger partial charge in [-0.25, -0.2) is 9.59 Å². The van der Waals surface area contributed by atoms with Crippen LogP contribution in [0.2, 0.25) is 0 Å². The van der Waals surface area contributed by atoms with E-state index in [4.69, 9.17) is 14.2 Å². The molecule has 1 amide bonds. The maximum absolute atomic E-state index is 12.4. The zero-order valence-corrected chi connectivity index (χ0v) is 14.8. The predicted molar refractivity (Wildman–Crippen MR) is 89.4 cm³/mol. The first-order chi connectivity index (χ1) is 11.8. The lowest BCUT2D eigenvalue weighted by Crippen LogP contribution is -2.47. The molecule has 6 nitrogen and oxygen atoms in total. The number of amides is 1. The molecule has 1 saturated carbocycles. The second-order valence-corrected chi connectivity index (χ2v) is 8.10. The van der Waals surface area contributed by atoms with Crippen molar-refractivity contribution in [3.8, 4) is 5.75 Å². The van der Waals surface area contributed by atoms with Crippen molar-refractivity contribution in [1.82, 2.24) is 4.90 Å². The van der Waals surface area contributed by atoms with Gasteiger partial charge in [-0.15, -0.1) is 0 Å². The molecular formula is C19H23NO5. The molecule has 0 unspecified atom stereocenters. The van der Waals surface area contributed by atoms with Gasteiger partial charge in [-0.1, -0.05) is 0 Å². The summed E-state index contributed by atoms with van der Waals surface area (Å²) in [5.41, 5.74) is 0.964. The zero-order chi connectivity index (χ0) is 17.8. The second-order valence-electron chi connectivity index (χ2n) is 8.10. The summed E-state index contributed by atoms with van der Waals surface area (Å²) in [4.78, 5) is 25.6. The van der Waals surface area contributed by atoms with Crippen LogP contribution in [0.5, 0.6) is 5.75 Å². The van der Waals surface area contributed by atoms with E-state index in [2.05, 4.69) is 0 Å². The van der Waals surface area contributed by atoms with E-state index in [1.54, 1.807) is 17.0 Å². The molecule has 0 N–H and O–H groups in total. The van der Waals surface area contributed by atoms with Crippen molar-refractivity contribution >= 4 is 12.1 Å². The second kappa shape index (κ2) is 5.64. The van der Waals surface area contributed by atoms with Crippen LogP contribution in [0, 0.1) is 11.8 Å². The van der Waals surface area contributed by atoms with E-state index < -0.39 is 5.60 Å². The molecule has 3 atom stereocenters. The molecule has 2 heterocycles. The minimum Gasteiger partial charge on any atom is -0.488 e. The number of cyclic esters (lactones) is 1. The van der Waals surface area contributed by atoms with E-state index in [0.717, 1.165) is 24.3 Å². The fourth-order valence-electron chi connectivity index (χ4n) is 3.60. The van der Waals surface area contributed by atoms with Crippen molar-refractivity contribution in [2.45, 2.75) is 45.5 Å². The zero-order valence-electron chi connectivity index (χ0n) is 14.8. The number of rotatable bonds is 2. The van der Waals surface area contributed by atoms with E-state index in [-0.39, 0.29) is 18.2 Å². The summed E-state index contributed by atoms with van der Waals surface area (Å²) >= 11 is 0. The monoisotopic (exact) mass is 345 g/mol. The van der Waals surface area contributed by atoms with E-state index in [9.17, 15) is 9.59 Å². The Bertz CT molecular complexity index is 723. The number of hydrogen-bond acceptors (Lipinski definition) is 5. The number of ether oxygens (including phenoxy) is 3. The molecule has 0 bridgehead atoms. The first-order valence-corrected chi connectivity index (χ1v) is 8.75. The normalized spacial score (nSPS) is 27.2. The number of likely N-dealkylation sites (tertiary alicyclic amines) is 1. The third-order valence-electron chi connectivity index (χ3n) is 4.90. The first kappa shape index (κ1) is 16.2. The van der Waals surface area contributed by atoms with Crippen LogP contribution >= 0.6 is 0 Å². The highest BCUT2D eigenvalue weighted by molar-refractivity contribution is 5.93. The van der Waals surface area contributed by atoms with Gasteiger partial charge in [-0.2, -0.15) is 0 Å². The Morgan fingerprint density at radius 2 is 2.08 bits per heavy atom. The van der Waals surface area contributed by atoms with Gasteiger partial charge in [0.2, 0.25) is 0 Å². The average molecular weight is 345 g/mol. The molecule has 0 spiro atoms. The number of carbonyl (C=O) groups is 2. The Hall–Kier alpha value is -2.24. The maximum Gasteiger partial charge on any atom is 0.410 e. The van der Waals surface area contributed by atoms with Crippen LogP contribution in [0.3, 0.4) is 0 Å². The first-order valence-electron chi connectivity index (χ1n) is 8.75. The molecule has 2 fully saturated rings. The van der Waals surface area contributed by atoms with Gasteiger partial charge in [0.15, 0.2) is 0 Å². The van der Waals surface area contributed by atoms with Gasteiger partial charge in [0.25, 0.3) is 0 Å². The number of nitrogens with zero attached hydrogens (tertiary/aromatic N) is 1. The number of piperidine rings is 1. The number of esters is 1. The number of benzene rings is 1. The Kier molecular flexibility index (Phi) is 3.67. The largest absolute Gasteiger partial charge is 0.488 e. The lowest BCUT2D eigenvalue weighted by molar-refractivity contribution is 0.00567. The van der Waals surface area contributed by atoms with Gasteiger partial charge in [-0.3, -0.25) is 0 Å². The quantitative estimate of drug-likeness (QED) is 0.771. The summed E-state index contributed by atoms with van der Waals surface area (Å²) in [6.07, 6.45) is 0.762. The summed E-state index contributed by atoms with van der Waals surface area (Å²) in [6.45, 7) is 7.19. The molecule has 4 rings (SSSR count). The number of hydrogen-bond donors (Lipinski definition) is 0. The van der Waals surface area contributed by atoms with Crippen molar-refractivity contribution in [2.75, 3.05) is 13.1 Å². The molecule has 1 aromatic rings. The fourth-order valence-corrected chi connectivity index (χ4v) is 3.60. The summed E-state index contributed by atoms with van der Waals surface area (Å²) in [5.74, 6) is 1.42. The SMILES string of the molecule is CC(C)(C)OC(=O)N1C[C@H]2C[C@H]2[C@H](Oc2ccc3c(c2)COC3=O)C1. The third kappa shape index (κ3) is 3.30. The highest BCUT2D eigenvalue weighted by Gasteiger charge is 2.51. The number of carbonyl (C=O) groups excluding carboxylic acids is 2. The lowest BCUT2D eigenvalue weighted by atomic mass is 10.1. The molecular weight excluding hydrogens is 322 g/mol. The summed E-state index contributed by atoms with van der Waals surface area (Å²) in [6, 6.07) is 5.41. The molecule has 25 heavy (non-hydrogen) atoms. The molecule has 0 radical (unpaired) electrons. The topological polar surface area (TPSA) is 65.1 Å². The van der Waals surface area contributed by atoms with E-state index in [0.29, 0.717) is 30.6 Å². The van der Waals surface area contributed by atoms with Crippen molar-refractivity contribution in [1.29, 1.82) is 0 Å². The van der Waals surface area contributed by atoms with E-state index >= 15 is 0 Å². The van der Waals surface area contributed by atoms with Crippen LogP contribution in [-0.2, 0) is 16.1 Å². The Morgan fingerprint density at radius 1 is 1.28 bits per heavy atom. The van der Waals surface area contributed by atoms with Crippen LogP contribution in [-0.4, -0.2) is 41.8 Å². The Balaban J connectivity index is 1.44. The molecule has 1 aliphatic carbocycles. The standard InChI is InChI=1S/C19H23NO5/c1-19(2,3)25-18(22)20-8-11-7-15(11)16(9-20)24-13-4-5-14-12(6-13)10-23-17(14)21/h4-6,11,15-16H,7-10H2,1-3H3/t11-,15-,16-/m1/s1. The average Bonchev–Trinajstić information content (AvgIpc) is 3.23. The van der Waals surface area contributed by atoms with Crippen LogP contribution in [0.4, 0.5) is 4.79 Å². The van der Waals surface area contributed by atoms with Crippen molar-refractivity contribution in [3.05, 3.63) is 29.3 Å². The molecule has 2 aliphatic heterocycles. The van der Waals surface area contributed by atoms with Gasteiger partial charge < -0.3 is 19.1 Å². The van der Waals surface area contributed by atoms with Gasteiger partial charge in [0, 0.05) is 18.0 Å². The summed E-state index contributed by atoms with van der Waals surface area (Å²) < 4.78 is 16.7. The maximum atomic E-state index is 12.4. The highest BCUT2D eigenvalue weighted by Crippen LogP contribution is 2.46. The predicted octanol–water partition coefficient (Wildman–Crippen LogP) is 2.99. The van der Waals surface area contributed by atoms with Gasteiger partial charge >= 0.3 is 12.1 Å². The van der Waals surface area contributed by atoms with Gasteiger partial charge in [0.05, 0.1) is 12.1 Å². The Labute approximate surface area is 147 Å². The van der Waals surface area contributed by atoms with Crippen LogP contribution in [0.1, 0.15) is 43.1 Å². The Morgan fingerprint density at radius 3 is 2.84 bits per heavy atom. The molecule has 1 aromatic carbocycles. The minimum absolute atomic E-state index is 0.0395. The molecule has 134 valence electrons. The smallest absolute Gasteiger partial charge is 0.410 e. The lowest BCUT2D eigenvalue weighted by Gasteiger charge is -2.34. The van der Waals surface area contributed by atoms with Crippen LogP contribution < -0.4 is 4.74 Å².